The van der Waals surface area contributed by atoms with Crippen molar-refractivity contribution >= 4 is 12.6 Å². The summed E-state index contributed by atoms with van der Waals surface area (Å²) in [5.41, 5.74) is 4.95. The molecule has 0 amide bonds. The Bertz CT molecular complexity index is 8.00. The highest BCUT2D eigenvalue weighted by molar-refractivity contribution is 7.80. The van der Waals surface area contributed by atoms with Gasteiger partial charge in [0.25, 0.3) is 0 Å². The van der Waals surface area contributed by atoms with Gasteiger partial charge in [-0.25, -0.2) is 0 Å². The number of thiol groups is 1. The molecule has 0 bridgehead atoms. The van der Waals surface area contributed by atoms with Crippen LogP contribution >= 0.6 is 12.6 Å². The van der Waals surface area contributed by atoms with Gasteiger partial charge in [-0.1, -0.05) is 0 Å². The highest BCUT2D eigenvalue weighted by atomic mass is 32.1. The van der Waals surface area contributed by atoms with Gasteiger partial charge in [-0.2, -0.15) is 12.6 Å². The lowest BCUT2D eigenvalue weighted by atomic mass is 12.6. The summed E-state index contributed by atoms with van der Waals surface area (Å²) in [5, 5.41) is 0. The molecule has 26 valence electrons. The van der Waals surface area contributed by atoms with Crippen LogP contribution in [0.2, 0.25) is 0 Å². The Morgan fingerprint density at radius 1 is 1.75 bits per heavy atom. The van der Waals surface area contributed by atoms with E-state index in [0.717, 1.165) is 5.75 Å². The highest BCUT2D eigenvalue weighted by Gasteiger charge is 1.56. The third-order valence-corrected chi connectivity index (χ3v) is 0.387. The fourth-order valence-corrected chi connectivity index (χ4v) is 0. The van der Waals surface area contributed by atoms with Gasteiger partial charge in [0.05, 0.1) is 0 Å². The molecule has 0 aromatic rings. The molecule has 0 unspecified atom stereocenters. The smallest absolute Gasteiger partial charge is 0.00255 e. The lowest BCUT2D eigenvalue weighted by Crippen LogP contribution is -1.97. The second-order valence-electron chi connectivity index (χ2n) is 0.512. The van der Waals surface area contributed by atoms with Gasteiger partial charge >= 0.3 is 0 Å². The lowest BCUT2D eigenvalue weighted by molar-refractivity contribution is 1.16. The third kappa shape index (κ3) is 2.31. The van der Waals surface area contributed by atoms with Gasteiger partial charge in [0, 0.05) is 12.3 Å². The molecule has 0 radical (unpaired) electrons. The van der Waals surface area contributed by atoms with Gasteiger partial charge in [0.15, 0.2) is 0 Å². The molecule has 0 aliphatic rings. The van der Waals surface area contributed by atoms with Crippen LogP contribution in [0.25, 0.3) is 0 Å². The van der Waals surface area contributed by atoms with E-state index >= 15 is 0 Å². The van der Waals surface area contributed by atoms with E-state index in [1.807, 2.05) is 0 Å². The van der Waals surface area contributed by atoms with Crippen LogP contribution in [0.5, 0.6) is 0 Å². The maximum absolute atomic E-state index is 4.95. The molecule has 0 fully saturated rings. The van der Waals surface area contributed by atoms with Crippen molar-refractivity contribution in [3.63, 3.8) is 0 Å². The monoisotopic (exact) mass is 81.0 g/mol. The maximum Gasteiger partial charge on any atom is 0.00255 e. The van der Waals surface area contributed by atoms with E-state index in [-0.39, 0.29) is 0 Å². The molecule has 0 aliphatic heterocycles. The summed E-state index contributed by atoms with van der Waals surface area (Å²) in [6.45, 7) is 0.684. The molecule has 0 aliphatic carbocycles. The zero-order chi connectivity index (χ0) is 3.41. The molecule has 0 spiro atoms. The summed E-state index contributed by atoms with van der Waals surface area (Å²) in [4.78, 5) is 0. The molecule has 1 nitrogen and oxygen atoms in total. The topological polar surface area (TPSA) is 26.0 Å². The summed E-state index contributed by atoms with van der Waals surface area (Å²) in [6, 6.07) is 0. The lowest BCUT2D eigenvalue weighted by Gasteiger charge is -1.69. The second kappa shape index (κ2) is 3.31. The van der Waals surface area contributed by atoms with E-state index in [0.29, 0.717) is 6.54 Å². The van der Waals surface area contributed by atoms with Crippen molar-refractivity contribution in [2.45, 2.75) is 0 Å². The Labute approximate surface area is 31.6 Å². The van der Waals surface area contributed by atoms with Crippen LogP contribution < -0.4 is 5.73 Å². The first-order valence-corrected chi connectivity index (χ1v) is 1.86. The first-order chi connectivity index (χ1) is 1.91. The normalized spacial score (nSPS) is 7.50. The Balaban J connectivity index is 1.97. The highest BCUT2D eigenvalue weighted by Crippen LogP contribution is 1.58. The van der Waals surface area contributed by atoms with E-state index in [4.69, 9.17) is 5.73 Å². The molecule has 0 atom stereocenters. The number of rotatable bonds is 1. The zero-order valence-corrected chi connectivity index (χ0v) is 3.33. The van der Waals surface area contributed by atoms with Crippen LogP contribution in [0, 0.1) is 0 Å². The number of nitrogens with two attached hydrogens (primary N) is 1. The molecular weight excluding hydrogens is 74.1 g/mol. The van der Waals surface area contributed by atoms with Crippen molar-refractivity contribution < 1.29 is 0 Å². The number of hydrogen-bond donors (Lipinski definition) is 2. The minimum atomic E-state index is 0.684. The summed E-state index contributed by atoms with van der Waals surface area (Å²) in [7, 11) is 0. The average molecular weight is 81.1 g/mol. The standard InChI is InChI=1S/C2H7NS/c3-1-2-4/h4H,1-3H2/i1+2,2+2. The van der Waals surface area contributed by atoms with E-state index in [9.17, 15) is 0 Å². The van der Waals surface area contributed by atoms with E-state index in [1.54, 1.807) is 0 Å². The van der Waals surface area contributed by atoms with Crippen molar-refractivity contribution in [1.29, 1.82) is 0 Å². The minimum absolute atomic E-state index is 0.684. The van der Waals surface area contributed by atoms with Gasteiger partial charge in [0.2, 0.25) is 0 Å². The summed E-state index contributed by atoms with van der Waals surface area (Å²) in [6.07, 6.45) is 0. The van der Waals surface area contributed by atoms with Crippen LogP contribution in [0.1, 0.15) is 0 Å². The fraction of sp³-hybridized carbons (Fsp3) is 1.00. The van der Waals surface area contributed by atoms with Crippen LogP contribution in [0.15, 0.2) is 0 Å². The Hall–Kier alpha value is 0.310. The van der Waals surface area contributed by atoms with Crippen LogP contribution in [0.3, 0.4) is 0 Å². The third-order valence-electron chi connectivity index (χ3n) is 0.129. The van der Waals surface area contributed by atoms with Crippen LogP contribution in [-0.4, -0.2) is 12.3 Å². The fourth-order valence-electron chi connectivity index (χ4n) is 0. The molecule has 0 heterocycles. The molecule has 2 heteroatoms. The molecule has 0 aromatic carbocycles. The van der Waals surface area contributed by atoms with Crippen LogP contribution in [-0.2, 0) is 0 Å². The van der Waals surface area contributed by atoms with Crippen molar-refractivity contribution in [2.75, 3.05) is 12.3 Å². The van der Waals surface area contributed by atoms with Gasteiger partial charge in [-0.15, -0.1) is 0 Å². The first kappa shape index (κ1) is 4.31. The predicted octanol–water partition coefficient (Wildman–Crippen LogP) is -0.125. The van der Waals surface area contributed by atoms with Gasteiger partial charge in [-0.05, 0) is 0 Å². The maximum atomic E-state index is 4.95. The van der Waals surface area contributed by atoms with Gasteiger partial charge < -0.3 is 5.73 Å². The largest absolute Gasteiger partial charge is 0.330 e. The first-order valence-electron chi connectivity index (χ1n) is 1.22. The molecule has 4 heavy (non-hydrogen) atoms. The summed E-state index contributed by atoms with van der Waals surface area (Å²) < 4.78 is 0. The van der Waals surface area contributed by atoms with E-state index < -0.39 is 0 Å². The van der Waals surface area contributed by atoms with Crippen molar-refractivity contribution in [2.24, 2.45) is 5.73 Å². The van der Waals surface area contributed by atoms with E-state index in [1.165, 1.54) is 0 Å². The number of hydrogen-bond acceptors (Lipinski definition) is 2. The summed E-state index contributed by atoms with van der Waals surface area (Å²) in [5.74, 6) is 0.792. The molecule has 0 rings (SSSR count). The Kier molecular flexibility index (Phi) is 3.57. The van der Waals surface area contributed by atoms with Crippen molar-refractivity contribution in [3.05, 3.63) is 0 Å². The summed E-state index contributed by atoms with van der Waals surface area (Å²) >= 11 is 3.80. The molecule has 0 aromatic heterocycles. The SMILES string of the molecule is N[14CH2][14CH2]S. The zero-order valence-electron chi connectivity index (χ0n) is 2.44. The minimum Gasteiger partial charge on any atom is -0.330 e. The van der Waals surface area contributed by atoms with E-state index in [2.05, 4.69) is 12.6 Å². The predicted molar refractivity (Wildman–Crippen MR) is 22.9 cm³/mol. The second-order valence-corrected chi connectivity index (χ2v) is 0.959. The molecule has 0 saturated carbocycles. The molecular formula is C2H7NS. The van der Waals surface area contributed by atoms with Crippen molar-refractivity contribution in [3.8, 4) is 0 Å². The van der Waals surface area contributed by atoms with Gasteiger partial charge in [0.1, 0.15) is 0 Å². The molecule has 0 saturated heterocycles. The quantitative estimate of drug-likeness (QED) is 0.423. The van der Waals surface area contributed by atoms with Gasteiger partial charge in [-0.3, -0.25) is 0 Å². The van der Waals surface area contributed by atoms with Crippen molar-refractivity contribution in [1.82, 2.24) is 0 Å². The molecule has 2 N–H and O–H groups in total. The Morgan fingerprint density at radius 3 is 2.00 bits per heavy atom. The average Bonchev–Trinajstić information content (AvgIpc) is 1.37. The van der Waals surface area contributed by atoms with Crippen LogP contribution in [0.4, 0.5) is 0 Å². The Morgan fingerprint density at radius 2 is 2.00 bits per heavy atom.